The molecule has 152 valence electrons. The molecule has 0 aliphatic carbocycles. The number of aromatic amines is 1. The van der Waals surface area contributed by atoms with E-state index in [1.165, 1.54) is 9.69 Å². The van der Waals surface area contributed by atoms with Gasteiger partial charge >= 0.3 is 0 Å². The number of nitrogens with zero attached hydrogens (tertiary/aromatic N) is 3. The molecule has 1 amide bonds. The number of carbonyl (C=O) groups excluding carboxylic acids is 1. The van der Waals surface area contributed by atoms with Crippen LogP contribution in [0.5, 0.6) is 0 Å². The van der Waals surface area contributed by atoms with Crippen molar-refractivity contribution >= 4 is 23.4 Å². The van der Waals surface area contributed by atoms with Gasteiger partial charge in [-0.2, -0.15) is 10.1 Å². The molecule has 0 atom stereocenters. The Hall–Kier alpha value is -3.67. The molecule has 2 heterocycles. The number of amides is 1. The number of nitrogens with one attached hydrogen (secondary N) is 1. The minimum Gasteiger partial charge on any atom is -0.295 e. The van der Waals surface area contributed by atoms with E-state index in [0.29, 0.717) is 28.2 Å². The molecule has 0 saturated heterocycles. The Kier molecular flexibility index (Phi) is 4.78. The van der Waals surface area contributed by atoms with E-state index in [9.17, 15) is 9.59 Å². The molecule has 0 bridgehead atoms. The van der Waals surface area contributed by atoms with Crippen molar-refractivity contribution in [1.29, 1.82) is 0 Å². The molecule has 6 nitrogen and oxygen atoms in total. The van der Waals surface area contributed by atoms with Crippen LogP contribution in [0.2, 0.25) is 0 Å². The molecule has 0 saturated carbocycles. The maximum atomic E-state index is 13.1. The average molecular weight is 400 g/mol. The van der Waals surface area contributed by atoms with Gasteiger partial charge in [0.1, 0.15) is 0 Å². The Labute approximate surface area is 175 Å². The van der Waals surface area contributed by atoms with Crippen molar-refractivity contribution in [3.05, 3.63) is 86.3 Å². The Morgan fingerprint density at radius 2 is 1.67 bits per heavy atom. The van der Waals surface area contributed by atoms with Crippen LogP contribution in [0, 0.1) is 27.7 Å². The largest absolute Gasteiger partial charge is 0.295 e. The highest BCUT2D eigenvalue weighted by Crippen LogP contribution is 2.25. The molecule has 1 aliphatic heterocycles. The SMILES string of the molecule is CC1=NN(c2cccc(C)c2)C(=O)/C1=C/c1c(C)[nH]n(-c2ccc(C)c(C)c2)c1=O. The first kappa shape index (κ1) is 19.6. The lowest BCUT2D eigenvalue weighted by molar-refractivity contribution is -0.114. The van der Waals surface area contributed by atoms with Gasteiger partial charge in [0.2, 0.25) is 0 Å². The number of H-pyrrole nitrogens is 1. The summed E-state index contributed by atoms with van der Waals surface area (Å²) in [5.74, 6) is -0.240. The van der Waals surface area contributed by atoms with Crippen LogP contribution in [0.4, 0.5) is 5.69 Å². The van der Waals surface area contributed by atoms with E-state index in [4.69, 9.17) is 0 Å². The Morgan fingerprint density at radius 3 is 2.37 bits per heavy atom. The minimum absolute atomic E-state index is 0.196. The summed E-state index contributed by atoms with van der Waals surface area (Å²) in [6.45, 7) is 9.62. The molecule has 6 heteroatoms. The zero-order valence-corrected chi connectivity index (χ0v) is 17.8. The lowest BCUT2D eigenvalue weighted by Crippen LogP contribution is -2.22. The maximum Gasteiger partial charge on any atom is 0.280 e. The fraction of sp³-hybridized carbons (Fsp3) is 0.208. The van der Waals surface area contributed by atoms with Gasteiger partial charge in [0.25, 0.3) is 11.5 Å². The Bertz CT molecular complexity index is 1290. The molecule has 1 aliphatic rings. The maximum absolute atomic E-state index is 13.1. The molecule has 0 radical (unpaired) electrons. The number of benzene rings is 2. The van der Waals surface area contributed by atoms with Crippen LogP contribution in [0.1, 0.15) is 34.9 Å². The lowest BCUT2D eigenvalue weighted by atomic mass is 10.1. The van der Waals surface area contributed by atoms with E-state index in [1.54, 1.807) is 13.0 Å². The molecule has 0 fully saturated rings. The molecule has 1 aromatic heterocycles. The second kappa shape index (κ2) is 7.30. The van der Waals surface area contributed by atoms with Gasteiger partial charge in [-0.15, -0.1) is 0 Å². The van der Waals surface area contributed by atoms with Gasteiger partial charge in [-0.3, -0.25) is 14.7 Å². The van der Waals surface area contributed by atoms with Crippen molar-refractivity contribution in [3.8, 4) is 5.69 Å². The number of hydrogen-bond acceptors (Lipinski definition) is 3. The minimum atomic E-state index is -0.240. The van der Waals surface area contributed by atoms with E-state index in [2.05, 4.69) is 10.2 Å². The smallest absolute Gasteiger partial charge is 0.280 e. The average Bonchev–Trinajstić information content (AvgIpc) is 3.15. The predicted molar refractivity (Wildman–Crippen MR) is 120 cm³/mol. The third kappa shape index (κ3) is 3.30. The van der Waals surface area contributed by atoms with Gasteiger partial charge in [0.05, 0.1) is 28.2 Å². The van der Waals surface area contributed by atoms with Crippen molar-refractivity contribution in [2.75, 3.05) is 5.01 Å². The highest BCUT2D eigenvalue weighted by atomic mass is 16.2. The molecular formula is C24H24N4O2. The number of hydrogen-bond donors (Lipinski definition) is 1. The molecular weight excluding hydrogens is 376 g/mol. The Morgan fingerprint density at radius 1 is 0.900 bits per heavy atom. The van der Waals surface area contributed by atoms with Crippen LogP contribution >= 0.6 is 0 Å². The first-order valence-electron chi connectivity index (χ1n) is 9.84. The second-order valence-electron chi connectivity index (χ2n) is 7.76. The van der Waals surface area contributed by atoms with E-state index in [-0.39, 0.29) is 11.5 Å². The van der Waals surface area contributed by atoms with Crippen molar-refractivity contribution in [2.45, 2.75) is 34.6 Å². The van der Waals surface area contributed by atoms with Crippen molar-refractivity contribution in [3.63, 3.8) is 0 Å². The molecule has 0 spiro atoms. The summed E-state index contributed by atoms with van der Waals surface area (Å²) in [6, 6.07) is 13.5. The number of hydrazone groups is 1. The molecule has 0 unspecified atom stereocenters. The van der Waals surface area contributed by atoms with Gasteiger partial charge in [0.15, 0.2) is 0 Å². The number of carbonyl (C=O) groups is 1. The molecule has 2 aromatic carbocycles. The summed E-state index contributed by atoms with van der Waals surface area (Å²) in [7, 11) is 0. The number of anilines is 1. The van der Waals surface area contributed by atoms with Crippen molar-refractivity contribution in [1.82, 2.24) is 9.78 Å². The summed E-state index contributed by atoms with van der Waals surface area (Å²) in [6.07, 6.45) is 1.64. The monoisotopic (exact) mass is 400 g/mol. The highest BCUT2D eigenvalue weighted by molar-refractivity contribution is 6.32. The molecule has 3 aromatic rings. The van der Waals surface area contributed by atoms with E-state index in [1.807, 2.05) is 70.2 Å². The third-order valence-electron chi connectivity index (χ3n) is 5.46. The van der Waals surface area contributed by atoms with Crippen molar-refractivity contribution < 1.29 is 4.79 Å². The summed E-state index contributed by atoms with van der Waals surface area (Å²) >= 11 is 0. The van der Waals surface area contributed by atoms with E-state index < -0.39 is 0 Å². The quantitative estimate of drug-likeness (QED) is 0.669. The van der Waals surface area contributed by atoms with Gasteiger partial charge in [-0.25, -0.2) is 4.68 Å². The topological polar surface area (TPSA) is 70.5 Å². The standard InChI is InChI=1S/C24H24N4O2/c1-14-7-6-8-19(11-14)27-23(29)21(17(4)25-27)13-22-18(5)26-28(24(22)30)20-10-9-15(2)16(3)12-20/h6-13,26H,1-5H3/b21-13+. The summed E-state index contributed by atoms with van der Waals surface area (Å²) in [5, 5.41) is 8.93. The molecule has 30 heavy (non-hydrogen) atoms. The van der Waals surface area contributed by atoms with Crippen LogP contribution in [-0.4, -0.2) is 21.4 Å². The van der Waals surface area contributed by atoms with Crippen LogP contribution < -0.4 is 10.6 Å². The van der Waals surface area contributed by atoms with Gasteiger partial charge < -0.3 is 0 Å². The molecule has 4 rings (SSSR count). The van der Waals surface area contributed by atoms with Gasteiger partial charge in [-0.1, -0.05) is 18.2 Å². The fourth-order valence-electron chi connectivity index (χ4n) is 3.54. The van der Waals surface area contributed by atoms with Gasteiger partial charge in [-0.05, 0) is 81.7 Å². The third-order valence-corrected chi connectivity index (χ3v) is 5.46. The zero-order chi connectivity index (χ0) is 21.6. The predicted octanol–water partition coefficient (Wildman–Crippen LogP) is 4.21. The first-order chi connectivity index (χ1) is 14.3. The molecule has 1 N–H and O–H groups in total. The second-order valence-corrected chi connectivity index (χ2v) is 7.76. The van der Waals surface area contributed by atoms with Crippen LogP contribution in [-0.2, 0) is 4.79 Å². The first-order valence-corrected chi connectivity index (χ1v) is 9.84. The zero-order valence-electron chi connectivity index (χ0n) is 17.8. The number of rotatable bonds is 3. The number of aromatic nitrogens is 2. The lowest BCUT2D eigenvalue weighted by Gasteiger charge is -2.12. The Balaban J connectivity index is 1.74. The van der Waals surface area contributed by atoms with Crippen LogP contribution in [0.15, 0.2) is 57.9 Å². The summed E-state index contributed by atoms with van der Waals surface area (Å²) in [5.41, 5.74) is 6.74. The van der Waals surface area contributed by atoms with Gasteiger partial charge in [0, 0.05) is 5.69 Å². The fourth-order valence-corrected chi connectivity index (χ4v) is 3.54. The highest BCUT2D eigenvalue weighted by Gasteiger charge is 2.29. The normalized spacial score (nSPS) is 15.2. The van der Waals surface area contributed by atoms with Crippen LogP contribution in [0.3, 0.4) is 0 Å². The van der Waals surface area contributed by atoms with Crippen molar-refractivity contribution in [2.24, 2.45) is 5.10 Å². The summed E-state index contributed by atoms with van der Waals surface area (Å²) in [4.78, 5) is 26.1. The number of aryl methyl sites for hydroxylation is 4. The van der Waals surface area contributed by atoms with Crippen LogP contribution in [0.25, 0.3) is 11.8 Å². The summed E-state index contributed by atoms with van der Waals surface area (Å²) < 4.78 is 1.51. The van der Waals surface area contributed by atoms with E-state index >= 15 is 0 Å². The van der Waals surface area contributed by atoms with E-state index in [0.717, 1.165) is 22.4 Å².